The molecule has 5 heteroatoms. The van der Waals surface area contributed by atoms with E-state index in [1.54, 1.807) is 4.90 Å². The molecular formula is C17H24N2O3. The van der Waals surface area contributed by atoms with Crippen molar-refractivity contribution in [1.29, 1.82) is 0 Å². The Morgan fingerprint density at radius 3 is 2.64 bits per heavy atom. The van der Waals surface area contributed by atoms with E-state index >= 15 is 0 Å². The van der Waals surface area contributed by atoms with Crippen LogP contribution in [0, 0.1) is 0 Å². The fourth-order valence-corrected chi connectivity index (χ4v) is 2.39. The molecule has 1 saturated heterocycles. The smallest absolute Gasteiger partial charge is 0.253 e. The van der Waals surface area contributed by atoms with E-state index < -0.39 is 0 Å². The Morgan fingerprint density at radius 1 is 1.36 bits per heavy atom. The molecule has 1 aliphatic rings. The predicted molar refractivity (Wildman–Crippen MR) is 85.9 cm³/mol. The molecule has 22 heavy (non-hydrogen) atoms. The average Bonchev–Trinajstić information content (AvgIpc) is 2.53. The van der Waals surface area contributed by atoms with Crippen LogP contribution in [-0.2, 0) is 14.3 Å². The van der Waals surface area contributed by atoms with Crippen LogP contribution in [0.4, 0.5) is 5.69 Å². The van der Waals surface area contributed by atoms with Crippen molar-refractivity contribution in [2.75, 3.05) is 24.6 Å². The summed E-state index contributed by atoms with van der Waals surface area (Å²) < 4.78 is 5.49. The number of carbonyl (C=O) groups excluding carboxylic acids is 2. The summed E-state index contributed by atoms with van der Waals surface area (Å²) >= 11 is 0. The topological polar surface area (TPSA) is 58.6 Å². The summed E-state index contributed by atoms with van der Waals surface area (Å²) in [5, 5.41) is 2.81. The number of anilines is 1. The first kappa shape index (κ1) is 16.5. The molecule has 1 atom stereocenters. The van der Waals surface area contributed by atoms with Crippen LogP contribution >= 0.6 is 0 Å². The number of nitrogens with zero attached hydrogens (tertiary/aromatic N) is 1. The maximum absolute atomic E-state index is 12.1. The van der Waals surface area contributed by atoms with Crippen LogP contribution in [0.3, 0.4) is 0 Å². The molecule has 1 aromatic carbocycles. The van der Waals surface area contributed by atoms with Crippen LogP contribution in [0.5, 0.6) is 0 Å². The van der Waals surface area contributed by atoms with Gasteiger partial charge in [0.25, 0.3) is 5.91 Å². The number of carbonyl (C=O) groups is 2. The highest BCUT2D eigenvalue weighted by Crippen LogP contribution is 2.22. The van der Waals surface area contributed by atoms with E-state index in [4.69, 9.17) is 4.74 Å². The van der Waals surface area contributed by atoms with Gasteiger partial charge in [-0.1, -0.05) is 32.9 Å². The third-order valence-corrected chi connectivity index (χ3v) is 3.85. The van der Waals surface area contributed by atoms with Gasteiger partial charge in [0.1, 0.15) is 6.61 Å². The Balaban J connectivity index is 2.02. The molecular weight excluding hydrogens is 280 g/mol. The minimum absolute atomic E-state index is 0.00617. The van der Waals surface area contributed by atoms with Crippen LogP contribution in [0.2, 0.25) is 0 Å². The number of nitrogens with one attached hydrogen (secondary N) is 1. The molecule has 0 radical (unpaired) electrons. The van der Waals surface area contributed by atoms with E-state index in [1.807, 2.05) is 19.1 Å². The number of rotatable bonds is 5. The van der Waals surface area contributed by atoms with Crippen molar-refractivity contribution < 1.29 is 14.3 Å². The van der Waals surface area contributed by atoms with Gasteiger partial charge in [0, 0.05) is 18.7 Å². The van der Waals surface area contributed by atoms with E-state index in [-0.39, 0.29) is 24.5 Å². The van der Waals surface area contributed by atoms with Crippen LogP contribution in [0.25, 0.3) is 0 Å². The fourth-order valence-electron chi connectivity index (χ4n) is 2.39. The minimum Gasteiger partial charge on any atom is -0.365 e. The molecule has 1 fully saturated rings. The standard InChI is InChI=1S/C17H24N2O3/c1-4-16(20)18-9-15-10-19(17(21)11-22-15)14-7-5-13(6-8-14)12(2)3/h5-8,12,15H,4,9-11H2,1-3H3,(H,18,20). The molecule has 2 amide bonds. The van der Waals surface area contributed by atoms with Crippen molar-refractivity contribution >= 4 is 17.5 Å². The zero-order valence-corrected chi connectivity index (χ0v) is 13.5. The highest BCUT2D eigenvalue weighted by atomic mass is 16.5. The maximum atomic E-state index is 12.1. The molecule has 1 aliphatic heterocycles. The molecule has 2 rings (SSSR count). The lowest BCUT2D eigenvalue weighted by Crippen LogP contribution is -2.50. The molecule has 0 aliphatic carbocycles. The minimum atomic E-state index is -0.169. The quantitative estimate of drug-likeness (QED) is 0.906. The zero-order chi connectivity index (χ0) is 16.1. The van der Waals surface area contributed by atoms with E-state index in [9.17, 15) is 9.59 Å². The molecule has 1 aromatic rings. The molecule has 1 N–H and O–H groups in total. The molecule has 120 valence electrons. The van der Waals surface area contributed by atoms with Gasteiger partial charge in [0.15, 0.2) is 0 Å². The Labute approximate surface area is 131 Å². The number of benzene rings is 1. The van der Waals surface area contributed by atoms with E-state index in [0.29, 0.717) is 25.4 Å². The van der Waals surface area contributed by atoms with Gasteiger partial charge >= 0.3 is 0 Å². The summed E-state index contributed by atoms with van der Waals surface area (Å²) in [4.78, 5) is 25.1. The largest absolute Gasteiger partial charge is 0.365 e. The fraction of sp³-hybridized carbons (Fsp3) is 0.529. The predicted octanol–water partition coefficient (Wildman–Crippen LogP) is 2.07. The highest BCUT2D eigenvalue weighted by Gasteiger charge is 2.27. The van der Waals surface area contributed by atoms with E-state index in [1.165, 1.54) is 5.56 Å². The summed E-state index contributed by atoms with van der Waals surface area (Å²) in [6.07, 6.45) is 0.282. The second kappa shape index (κ2) is 7.40. The van der Waals surface area contributed by atoms with Gasteiger partial charge in [-0.15, -0.1) is 0 Å². The number of morpholine rings is 1. The van der Waals surface area contributed by atoms with Crippen LogP contribution in [0.1, 0.15) is 38.7 Å². The van der Waals surface area contributed by atoms with Gasteiger partial charge < -0.3 is 15.0 Å². The second-order valence-electron chi connectivity index (χ2n) is 5.84. The Hall–Kier alpha value is -1.88. The van der Waals surface area contributed by atoms with Crippen molar-refractivity contribution in [2.24, 2.45) is 0 Å². The third kappa shape index (κ3) is 4.07. The molecule has 1 heterocycles. The van der Waals surface area contributed by atoms with Crippen LogP contribution in [0.15, 0.2) is 24.3 Å². The van der Waals surface area contributed by atoms with Crippen molar-refractivity contribution in [2.45, 2.75) is 39.2 Å². The molecule has 0 bridgehead atoms. The van der Waals surface area contributed by atoms with Crippen molar-refractivity contribution in [1.82, 2.24) is 5.32 Å². The first-order valence-corrected chi connectivity index (χ1v) is 7.80. The van der Waals surface area contributed by atoms with Crippen LogP contribution < -0.4 is 10.2 Å². The lowest BCUT2D eigenvalue weighted by atomic mass is 10.0. The lowest BCUT2D eigenvalue weighted by Gasteiger charge is -2.33. The highest BCUT2D eigenvalue weighted by molar-refractivity contribution is 5.95. The summed E-state index contributed by atoms with van der Waals surface area (Å²) in [5.41, 5.74) is 2.13. The summed E-state index contributed by atoms with van der Waals surface area (Å²) in [6, 6.07) is 8.05. The Bertz CT molecular complexity index is 525. The molecule has 0 spiro atoms. The first-order chi connectivity index (χ1) is 10.5. The van der Waals surface area contributed by atoms with Gasteiger partial charge in [0.2, 0.25) is 5.91 Å². The Kier molecular flexibility index (Phi) is 5.55. The number of hydrogen-bond donors (Lipinski definition) is 1. The van der Waals surface area contributed by atoms with Crippen molar-refractivity contribution in [3.05, 3.63) is 29.8 Å². The maximum Gasteiger partial charge on any atom is 0.253 e. The number of ether oxygens (including phenoxy) is 1. The normalized spacial score (nSPS) is 18.6. The summed E-state index contributed by atoms with van der Waals surface area (Å²) in [6.45, 7) is 7.04. The Morgan fingerprint density at radius 2 is 2.05 bits per heavy atom. The van der Waals surface area contributed by atoms with E-state index in [0.717, 1.165) is 5.69 Å². The van der Waals surface area contributed by atoms with Gasteiger partial charge in [-0.25, -0.2) is 0 Å². The lowest BCUT2D eigenvalue weighted by molar-refractivity contribution is -0.129. The summed E-state index contributed by atoms with van der Waals surface area (Å²) in [7, 11) is 0. The molecule has 1 unspecified atom stereocenters. The second-order valence-corrected chi connectivity index (χ2v) is 5.84. The molecule has 0 aromatic heterocycles. The third-order valence-electron chi connectivity index (χ3n) is 3.85. The van der Waals surface area contributed by atoms with Crippen molar-refractivity contribution in [3.8, 4) is 0 Å². The molecule has 0 saturated carbocycles. The monoisotopic (exact) mass is 304 g/mol. The first-order valence-electron chi connectivity index (χ1n) is 7.80. The zero-order valence-electron chi connectivity index (χ0n) is 13.5. The SMILES string of the molecule is CCC(=O)NCC1CN(c2ccc(C(C)C)cc2)C(=O)CO1. The van der Waals surface area contributed by atoms with Gasteiger partial charge in [-0.05, 0) is 23.6 Å². The molecule has 5 nitrogen and oxygen atoms in total. The van der Waals surface area contributed by atoms with Crippen LogP contribution in [-0.4, -0.2) is 37.6 Å². The van der Waals surface area contributed by atoms with E-state index in [2.05, 4.69) is 31.3 Å². The number of hydrogen-bond acceptors (Lipinski definition) is 3. The van der Waals surface area contributed by atoms with Gasteiger partial charge in [-0.3, -0.25) is 9.59 Å². The van der Waals surface area contributed by atoms with Gasteiger partial charge in [-0.2, -0.15) is 0 Å². The summed E-state index contributed by atoms with van der Waals surface area (Å²) in [5.74, 6) is 0.412. The average molecular weight is 304 g/mol. The van der Waals surface area contributed by atoms with Gasteiger partial charge in [0.05, 0.1) is 12.6 Å². The van der Waals surface area contributed by atoms with Crippen molar-refractivity contribution in [3.63, 3.8) is 0 Å². The number of amides is 2.